The van der Waals surface area contributed by atoms with E-state index in [4.69, 9.17) is 4.74 Å². The molecule has 0 aromatic carbocycles. The lowest BCUT2D eigenvalue weighted by molar-refractivity contribution is 0.403. The predicted molar refractivity (Wildman–Crippen MR) is 50.7 cm³/mol. The minimum Gasteiger partial charge on any atom is -0.491 e. The van der Waals surface area contributed by atoms with Crippen LogP contribution >= 0.6 is 15.9 Å². The molecule has 0 bridgehead atoms. The van der Waals surface area contributed by atoms with Crippen LogP contribution in [0.1, 0.15) is 5.69 Å². The number of hydrogen-bond acceptors (Lipinski definition) is 2. The molecule has 66 valence electrons. The number of rotatable bonds is 1. The Labute approximate surface area is 79.1 Å². The van der Waals surface area contributed by atoms with Gasteiger partial charge in [0.1, 0.15) is 0 Å². The third-order valence-electron chi connectivity index (χ3n) is 1.84. The van der Waals surface area contributed by atoms with E-state index < -0.39 is 0 Å². The minimum atomic E-state index is -0.113. The molecule has 0 fully saturated rings. The Balaban J connectivity index is 3.50. The van der Waals surface area contributed by atoms with Crippen molar-refractivity contribution in [1.82, 2.24) is 4.57 Å². The summed E-state index contributed by atoms with van der Waals surface area (Å²) >= 11 is 3.33. The van der Waals surface area contributed by atoms with Crippen LogP contribution in [0.15, 0.2) is 15.3 Å². The molecule has 0 saturated carbocycles. The van der Waals surface area contributed by atoms with Crippen molar-refractivity contribution in [3.05, 3.63) is 26.6 Å². The molecule has 0 unspecified atom stereocenters. The highest BCUT2D eigenvalue weighted by molar-refractivity contribution is 9.10. The molecule has 0 radical (unpaired) electrons. The molecule has 0 aliphatic heterocycles. The van der Waals surface area contributed by atoms with E-state index in [0.29, 0.717) is 5.75 Å². The normalized spacial score (nSPS) is 10.0. The number of nitrogens with zero attached hydrogens (tertiary/aromatic N) is 1. The predicted octanol–water partition coefficient (Wildman–Crippen LogP) is 1.46. The summed E-state index contributed by atoms with van der Waals surface area (Å²) in [6.45, 7) is 1.87. The van der Waals surface area contributed by atoms with Crippen LogP contribution in [0.3, 0.4) is 0 Å². The fraction of sp³-hybridized carbons (Fsp3) is 0.375. The Morgan fingerprint density at radius 2 is 2.17 bits per heavy atom. The van der Waals surface area contributed by atoms with E-state index in [9.17, 15) is 4.79 Å². The summed E-state index contributed by atoms with van der Waals surface area (Å²) in [5.74, 6) is 0.356. The van der Waals surface area contributed by atoms with Crippen LogP contribution in [0.2, 0.25) is 0 Å². The molecule has 12 heavy (non-hydrogen) atoms. The van der Waals surface area contributed by atoms with Crippen molar-refractivity contribution >= 4 is 15.9 Å². The van der Waals surface area contributed by atoms with E-state index in [1.807, 2.05) is 6.92 Å². The van der Waals surface area contributed by atoms with Gasteiger partial charge in [-0.15, -0.1) is 0 Å². The fourth-order valence-corrected chi connectivity index (χ4v) is 1.38. The summed E-state index contributed by atoms with van der Waals surface area (Å²) < 4.78 is 7.32. The van der Waals surface area contributed by atoms with Gasteiger partial charge in [0.15, 0.2) is 5.75 Å². The van der Waals surface area contributed by atoms with Crippen LogP contribution in [-0.2, 0) is 7.05 Å². The molecule has 0 N–H and O–H groups in total. The number of aromatic nitrogens is 1. The second kappa shape index (κ2) is 3.31. The highest BCUT2D eigenvalue weighted by Crippen LogP contribution is 2.17. The lowest BCUT2D eigenvalue weighted by Gasteiger charge is -2.07. The monoisotopic (exact) mass is 231 g/mol. The van der Waals surface area contributed by atoms with Crippen molar-refractivity contribution < 1.29 is 4.74 Å². The number of ether oxygens (including phenoxy) is 1. The Bertz CT molecular complexity index is 357. The SMILES string of the molecule is COc1cc(Br)c(C)n(C)c1=O. The van der Waals surface area contributed by atoms with E-state index >= 15 is 0 Å². The molecule has 1 rings (SSSR count). The van der Waals surface area contributed by atoms with Gasteiger partial charge in [-0.25, -0.2) is 0 Å². The van der Waals surface area contributed by atoms with Gasteiger partial charge in [0.25, 0.3) is 5.56 Å². The third kappa shape index (κ3) is 1.39. The summed E-state index contributed by atoms with van der Waals surface area (Å²) in [4.78, 5) is 11.4. The molecule has 4 heteroatoms. The first-order chi connectivity index (χ1) is 5.57. The van der Waals surface area contributed by atoms with Crippen LogP contribution in [0, 0.1) is 6.92 Å². The highest BCUT2D eigenvalue weighted by atomic mass is 79.9. The van der Waals surface area contributed by atoms with Crippen LogP contribution < -0.4 is 10.3 Å². The van der Waals surface area contributed by atoms with Crippen molar-refractivity contribution in [3.8, 4) is 5.75 Å². The van der Waals surface area contributed by atoms with Gasteiger partial charge in [-0.1, -0.05) is 0 Å². The third-order valence-corrected chi connectivity index (χ3v) is 2.64. The second-order valence-corrected chi connectivity index (χ2v) is 3.36. The minimum absolute atomic E-state index is 0.113. The van der Waals surface area contributed by atoms with Crippen molar-refractivity contribution in [1.29, 1.82) is 0 Å². The van der Waals surface area contributed by atoms with Crippen molar-refractivity contribution in [2.45, 2.75) is 6.92 Å². The fourth-order valence-electron chi connectivity index (χ4n) is 0.905. The van der Waals surface area contributed by atoms with Crippen LogP contribution in [0.4, 0.5) is 0 Å². The van der Waals surface area contributed by atoms with Gasteiger partial charge in [0.2, 0.25) is 0 Å². The van der Waals surface area contributed by atoms with E-state index in [-0.39, 0.29) is 5.56 Å². The zero-order chi connectivity index (χ0) is 9.30. The lowest BCUT2D eigenvalue weighted by Crippen LogP contribution is -2.20. The lowest BCUT2D eigenvalue weighted by atomic mass is 10.3. The molecule has 1 aromatic rings. The smallest absolute Gasteiger partial charge is 0.292 e. The molecule has 0 atom stereocenters. The van der Waals surface area contributed by atoms with E-state index in [0.717, 1.165) is 10.2 Å². The Morgan fingerprint density at radius 1 is 1.58 bits per heavy atom. The van der Waals surface area contributed by atoms with Crippen molar-refractivity contribution in [3.63, 3.8) is 0 Å². The molecular weight excluding hydrogens is 222 g/mol. The Hall–Kier alpha value is -0.770. The maximum atomic E-state index is 11.4. The Kier molecular flexibility index (Phi) is 2.57. The topological polar surface area (TPSA) is 31.2 Å². The number of pyridine rings is 1. The molecule has 1 aromatic heterocycles. The molecule has 1 heterocycles. The number of methoxy groups -OCH3 is 1. The summed E-state index contributed by atoms with van der Waals surface area (Å²) in [6.07, 6.45) is 0. The van der Waals surface area contributed by atoms with Crippen LogP contribution in [-0.4, -0.2) is 11.7 Å². The average molecular weight is 232 g/mol. The first-order valence-electron chi connectivity index (χ1n) is 3.48. The van der Waals surface area contributed by atoms with Gasteiger partial charge in [0.05, 0.1) is 7.11 Å². The van der Waals surface area contributed by atoms with Crippen molar-refractivity contribution in [2.24, 2.45) is 7.05 Å². The standard InChI is InChI=1S/C8H10BrNO2/c1-5-6(9)4-7(12-3)8(11)10(5)2/h4H,1-3H3. The van der Waals surface area contributed by atoms with Gasteiger partial charge in [-0.3, -0.25) is 4.79 Å². The van der Waals surface area contributed by atoms with Crippen LogP contribution in [0.5, 0.6) is 5.75 Å². The van der Waals surface area contributed by atoms with E-state index in [1.54, 1.807) is 17.7 Å². The quantitative estimate of drug-likeness (QED) is 0.734. The Morgan fingerprint density at radius 3 is 2.67 bits per heavy atom. The summed E-state index contributed by atoms with van der Waals surface area (Å²) in [5, 5.41) is 0. The first-order valence-corrected chi connectivity index (χ1v) is 4.27. The number of halogens is 1. The van der Waals surface area contributed by atoms with Gasteiger partial charge >= 0.3 is 0 Å². The molecule has 3 nitrogen and oxygen atoms in total. The highest BCUT2D eigenvalue weighted by Gasteiger charge is 2.06. The zero-order valence-corrected chi connectivity index (χ0v) is 8.81. The van der Waals surface area contributed by atoms with Gasteiger partial charge in [-0.2, -0.15) is 0 Å². The number of hydrogen-bond donors (Lipinski definition) is 0. The zero-order valence-electron chi connectivity index (χ0n) is 7.22. The van der Waals surface area contributed by atoms with E-state index in [2.05, 4.69) is 15.9 Å². The van der Waals surface area contributed by atoms with E-state index in [1.165, 1.54) is 7.11 Å². The molecular formula is C8H10BrNO2. The van der Waals surface area contributed by atoms with Crippen molar-refractivity contribution in [2.75, 3.05) is 7.11 Å². The molecule has 0 spiro atoms. The molecule has 0 aliphatic carbocycles. The molecule has 0 saturated heterocycles. The maximum absolute atomic E-state index is 11.4. The average Bonchev–Trinajstić information content (AvgIpc) is 2.08. The summed E-state index contributed by atoms with van der Waals surface area (Å²) in [7, 11) is 3.20. The van der Waals surface area contributed by atoms with Gasteiger partial charge in [0, 0.05) is 23.3 Å². The van der Waals surface area contributed by atoms with Gasteiger partial charge < -0.3 is 9.30 Å². The summed E-state index contributed by atoms with van der Waals surface area (Å²) in [6, 6.07) is 1.68. The first kappa shape index (κ1) is 9.32. The molecule has 0 amide bonds. The van der Waals surface area contributed by atoms with Crippen LogP contribution in [0.25, 0.3) is 0 Å². The summed E-state index contributed by atoms with van der Waals surface area (Å²) in [5.41, 5.74) is 0.777. The maximum Gasteiger partial charge on any atom is 0.292 e. The van der Waals surface area contributed by atoms with Gasteiger partial charge in [-0.05, 0) is 22.9 Å². The largest absolute Gasteiger partial charge is 0.491 e. The molecule has 0 aliphatic rings. The second-order valence-electron chi connectivity index (χ2n) is 2.51.